The van der Waals surface area contributed by atoms with E-state index in [1.807, 2.05) is 0 Å². The van der Waals surface area contributed by atoms with Crippen LogP contribution in [-0.2, 0) is 0 Å². The van der Waals surface area contributed by atoms with Gasteiger partial charge in [-0.3, -0.25) is 0 Å². The lowest BCUT2D eigenvalue weighted by molar-refractivity contribution is 0.246. The van der Waals surface area contributed by atoms with E-state index in [9.17, 15) is 0 Å². The van der Waals surface area contributed by atoms with Crippen molar-refractivity contribution in [3.8, 4) is 0 Å². The number of anilines is 1. The minimum atomic E-state index is 0.231. The van der Waals surface area contributed by atoms with Crippen LogP contribution in [0.2, 0.25) is 0 Å². The van der Waals surface area contributed by atoms with Crippen LogP contribution in [0.25, 0.3) is 0 Å². The first-order valence-corrected chi connectivity index (χ1v) is 5.68. The number of hydrogen-bond donors (Lipinski definition) is 1. The van der Waals surface area contributed by atoms with Gasteiger partial charge in [-0.2, -0.15) is 0 Å². The average Bonchev–Trinajstić information content (AvgIpc) is 2.18. The third-order valence-electron chi connectivity index (χ3n) is 3.80. The second-order valence-electron chi connectivity index (χ2n) is 4.68. The minimum Gasteiger partial charge on any atom is -0.368 e. The van der Waals surface area contributed by atoms with Gasteiger partial charge in [0, 0.05) is 19.3 Å². The molecular weight excluding hydrogens is 184 g/mol. The van der Waals surface area contributed by atoms with Crippen LogP contribution in [0, 0.1) is 6.92 Å². The van der Waals surface area contributed by atoms with Gasteiger partial charge in [-0.15, -0.1) is 0 Å². The summed E-state index contributed by atoms with van der Waals surface area (Å²) >= 11 is 0. The van der Waals surface area contributed by atoms with Crippen molar-refractivity contribution in [3.05, 3.63) is 29.8 Å². The molecule has 0 heterocycles. The van der Waals surface area contributed by atoms with Crippen molar-refractivity contribution in [3.63, 3.8) is 0 Å². The van der Waals surface area contributed by atoms with Crippen molar-refractivity contribution in [2.75, 3.05) is 18.5 Å². The Kier molecular flexibility index (Phi) is 2.70. The van der Waals surface area contributed by atoms with Crippen molar-refractivity contribution >= 4 is 5.69 Å². The molecule has 0 amide bonds. The molecule has 82 valence electrons. The average molecular weight is 204 g/mol. The lowest BCUT2D eigenvalue weighted by Gasteiger charge is -2.49. The highest BCUT2D eigenvalue weighted by Gasteiger charge is 2.39. The first kappa shape index (κ1) is 10.5. The van der Waals surface area contributed by atoms with Crippen molar-refractivity contribution < 1.29 is 0 Å². The molecule has 2 heteroatoms. The van der Waals surface area contributed by atoms with Crippen LogP contribution < -0.4 is 10.6 Å². The highest BCUT2D eigenvalue weighted by molar-refractivity contribution is 5.50. The van der Waals surface area contributed by atoms with Gasteiger partial charge < -0.3 is 10.6 Å². The van der Waals surface area contributed by atoms with Gasteiger partial charge in [-0.25, -0.2) is 0 Å². The van der Waals surface area contributed by atoms with E-state index in [0.717, 1.165) is 6.54 Å². The number of nitrogens with two attached hydrogens (primary N) is 1. The highest BCUT2D eigenvalue weighted by Crippen LogP contribution is 2.38. The molecule has 0 saturated heterocycles. The molecule has 0 atom stereocenters. The van der Waals surface area contributed by atoms with E-state index in [1.54, 1.807) is 0 Å². The minimum absolute atomic E-state index is 0.231. The lowest BCUT2D eigenvalue weighted by atomic mass is 9.75. The number of rotatable bonds is 3. The molecule has 1 aromatic rings. The predicted molar refractivity (Wildman–Crippen MR) is 65.2 cm³/mol. The molecule has 0 aromatic heterocycles. The van der Waals surface area contributed by atoms with Crippen molar-refractivity contribution in [2.45, 2.75) is 31.7 Å². The van der Waals surface area contributed by atoms with E-state index in [0.29, 0.717) is 0 Å². The fraction of sp³-hybridized carbons (Fsp3) is 0.538. The molecule has 1 saturated carbocycles. The zero-order chi connectivity index (χ0) is 10.9. The fourth-order valence-corrected chi connectivity index (χ4v) is 2.30. The summed E-state index contributed by atoms with van der Waals surface area (Å²) in [7, 11) is 2.16. The van der Waals surface area contributed by atoms with Gasteiger partial charge in [-0.1, -0.05) is 17.7 Å². The quantitative estimate of drug-likeness (QED) is 0.818. The molecule has 2 rings (SSSR count). The van der Waals surface area contributed by atoms with Gasteiger partial charge >= 0.3 is 0 Å². The number of aryl methyl sites for hydroxylation is 1. The van der Waals surface area contributed by atoms with E-state index in [1.165, 1.54) is 30.5 Å². The molecule has 0 spiro atoms. The van der Waals surface area contributed by atoms with Crippen LogP contribution in [0.3, 0.4) is 0 Å². The lowest BCUT2D eigenvalue weighted by Crippen LogP contribution is -2.57. The topological polar surface area (TPSA) is 29.3 Å². The maximum absolute atomic E-state index is 5.90. The van der Waals surface area contributed by atoms with Gasteiger partial charge in [0.15, 0.2) is 0 Å². The van der Waals surface area contributed by atoms with E-state index < -0.39 is 0 Å². The summed E-state index contributed by atoms with van der Waals surface area (Å²) in [6.45, 7) is 2.88. The number of benzene rings is 1. The Morgan fingerprint density at radius 2 is 1.87 bits per heavy atom. The Hall–Kier alpha value is -1.02. The summed E-state index contributed by atoms with van der Waals surface area (Å²) in [5.41, 5.74) is 8.72. The van der Waals surface area contributed by atoms with Gasteiger partial charge in [0.25, 0.3) is 0 Å². The standard InChI is InChI=1S/C13H20N2/c1-11-4-6-12(7-5-11)15(2)13(10-14)8-3-9-13/h4-7H,3,8-10,14H2,1-2H3. The summed E-state index contributed by atoms with van der Waals surface area (Å²) in [5.74, 6) is 0. The molecule has 0 unspecified atom stereocenters. The molecule has 1 aromatic carbocycles. The van der Waals surface area contributed by atoms with Crippen LogP contribution in [0.4, 0.5) is 5.69 Å². The second-order valence-corrected chi connectivity index (χ2v) is 4.68. The zero-order valence-corrected chi connectivity index (χ0v) is 9.66. The van der Waals surface area contributed by atoms with Crippen LogP contribution in [0.15, 0.2) is 24.3 Å². The Labute approximate surface area is 92.1 Å². The molecule has 0 radical (unpaired) electrons. The van der Waals surface area contributed by atoms with Crippen LogP contribution >= 0.6 is 0 Å². The molecule has 1 aliphatic carbocycles. The summed E-state index contributed by atoms with van der Waals surface area (Å²) < 4.78 is 0. The fourth-order valence-electron chi connectivity index (χ4n) is 2.30. The van der Waals surface area contributed by atoms with Crippen LogP contribution in [0.5, 0.6) is 0 Å². The number of nitrogens with zero attached hydrogens (tertiary/aromatic N) is 1. The normalized spacial score (nSPS) is 18.3. The Morgan fingerprint density at radius 3 is 2.27 bits per heavy atom. The van der Waals surface area contributed by atoms with E-state index >= 15 is 0 Å². The van der Waals surface area contributed by atoms with Gasteiger partial charge in [0.1, 0.15) is 0 Å². The molecule has 15 heavy (non-hydrogen) atoms. The predicted octanol–water partition coefficient (Wildman–Crippen LogP) is 2.31. The maximum Gasteiger partial charge on any atom is 0.0521 e. The van der Waals surface area contributed by atoms with Gasteiger partial charge in [0.05, 0.1) is 5.54 Å². The summed E-state index contributed by atoms with van der Waals surface area (Å²) in [4.78, 5) is 2.36. The number of hydrogen-bond acceptors (Lipinski definition) is 2. The Morgan fingerprint density at radius 1 is 1.27 bits per heavy atom. The van der Waals surface area contributed by atoms with Crippen molar-refractivity contribution in [1.29, 1.82) is 0 Å². The first-order valence-electron chi connectivity index (χ1n) is 5.68. The zero-order valence-electron chi connectivity index (χ0n) is 9.66. The smallest absolute Gasteiger partial charge is 0.0521 e. The number of likely N-dealkylation sites (N-methyl/N-ethyl adjacent to an activating group) is 1. The van der Waals surface area contributed by atoms with E-state index in [-0.39, 0.29) is 5.54 Å². The maximum atomic E-state index is 5.90. The monoisotopic (exact) mass is 204 g/mol. The summed E-state index contributed by atoms with van der Waals surface area (Å²) in [6, 6.07) is 8.69. The second kappa shape index (κ2) is 3.86. The highest BCUT2D eigenvalue weighted by atomic mass is 15.2. The van der Waals surface area contributed by atoms with E-state index in [2.05, 4.69) is 43.1 Å². The van der Waals surface area contributed by atoms with E-state index in [4.69, 9.17) is 5.73 Å². The third kappa shape index (κ3) is 1.74. The molecule has 1 fully saturated rings. The molecule has 0 bridgehead atoms. The van der Waals surface area contributed by atoms with Crippen LogP contribution in [0.1, 0.15) is 24.8 Å². The van der Waals surface area contributed by atoms with Crippen molar-refractivity contribution in [1.82, 2.24) is 0 Å². The summed E-state index contributed by atoms with van der Waals surface area (Å²) in [6.07, 6.45) is 3.77. The Balaban J connectivity index is 2.19. The Bertz CT molecular complexity index is 319. The van der Waals surface area contributed by atoms with Gasteiger partial charge in [-0.05, 0) is 38.3 Å². The molecule has 0 aliphatic heterocycles. The third-order valence-corrected chi connectivity index (χ3v) is 3.80. The first-order chi connectivity index (χ1) is 7.18. The van der Waals surface area contributed by atoms with Gasteiger partial charge in [0.2, 0.25) is 0 Å². The molecule has 1 aliphatic rings. The molecular formula is C13H20N2. The molecule has 2 nitrogen and oxygen atoms in total. The largest absolute Gasteiger partial charge is 0.368 e. The SMILES string of the molecule is Cc1ccc(N(C)C2(CN)CCC2)cc1. The van der Waals surface area contributed by atoms with Crippen molar-refractivity contribution in [2.24, 2.45) is 5.73 Å². The summed E-state index contributed by atoms with van der Waals surface area (Å²) in [5, 5.41) is 0. The van der Waals surface area contributed by atoms with Crippen LogP contribution in [-0.4, -0.2) is 19.1 Å². The molecule has 2 N–H and O–H groups in total.